The van der Waals surface area contributed by atoms with Crippen molar-refractivity contribution >= 4 is 22.9 Å². The van der Waals surface area contributed by atoms with Gasteiger partial charge in [0.05, 0.1) is 17.8 Å². The molecule has 28 heavy (non-hydrogen) atoms. The third kappa shape index (κ3) is 4.84. The summed E-state index contributed by atoms with van der Waals surface area (Å²) in [4.78, 5) is 21.1. The van der Waals surface area contributed by atoms with Gasteiger partial charge < -0.3 is 10.6 Å². The zero-order valence-electron chi connectivity index (χ0n) is 16.3. The van der Waals surface area contributed by atoms with Crippen molar-refractivity contribution in [1.82, 2.24) is 20.6 Å². The first-order valence-electron chi connectivity index (χ1n) is 9.02. The van der Waals surface area contributed by atoms with Crippen molar-refractivity contribution in [2.45, 2.75) is 32.9 Å². The highest BCUT2D eigenvalue weighted by molar-refractivity contribution is 7.09. The van der Waals surface area contributed by atoms with Crippen molar-refractivity contribution in [3.05, 3.63) is 76.9 Å². The first-order valence-corrected chi connectivity index (χ1v) is 9.90. The summed E-state index contributed by atoms with van der Waals surface area (Å²) in [6.07, 6.45) is 3.51. The number of hydrogen-bond acceptors (Lipinski definition) is 4. The molecule has 144 valence electrons. The van der Waals surface area contributed by atoms with Gasteiger partial charge in [-0.05, 0) is 50.1 Å². The molecular weight excluding hydrogens is 368 g/mol. The zero-order valence-corrected chi connectivity index (χ0v) is 17.1. The van der Waals surface area contributed by atoms with Crippen LogP contribution in [0.1, 0.15) is 36.9 Å². The maximum Gasteiger partial charge on any atom is 0.315 e. The van der Waals surface area contributed by atoms with E-state index in [9.17, 15) is 4.79 Å². The van der Waals surface area contributed by atoms with Crippen LogP contribution in [0.3, 0.4) is 0 Å². The largest absolute Gasteiger partial charge is 0.332 e. The average molecular weight is 393 g/mol. The van der Waals surface area contributed by atoms with Gasteiger partial charge >= 0.3 is 6.03 Å². The molecule has 5 nitrogen and oxygen atoms in total. The van der Waals surface area contributed by atoms with Crippen molar-refractivity contribution in [3.8, 4) is 11.3 Å². The van der Waals surface area contributed by atoms with Crippen LogP contribution in [0.2, 0.25) is 0 Å². The first-order chi connectivity index (χ1) is 13.3. The molecule has 0 aliphatic carbocycles. The number of carbonyl (C=O) groups is 1. The quantitative estimate of drug-likeness (QED) is 0.622. The Morgan fingerprint density at radius 1 is 1.25 bits per heavy atom. The summed E-state index contributed by atoms with van der Waals surface area (Å²) in [5.74, 6) is 0. The number of aromatic nitrogens is 2. The van der Waals surface area contributed by atoms with Crippen molar-refractivity contribution in [2.24, 2.45) is 0 Å². The third-order valence-electron chi connectivity index (χ3n) is 4.41. The molecule has 0 radical (unpaired) electrons. The summed E-state index contributed by atoms with van der Waals surface area (Å²) in [5, 5.41) is 8.74. The van der Waals surface area contributed by atoms with E-state index in [1.807, 2.05) is 56.5 Å². The SMILES string of the molecule is C=C(C)c1cccc(C(C)(C)NC(=O)NCc2nc(-c3cccnc3)cs2)c1. The Morgan fingerprint density at radius 2 is 2.07 bits per heavy atom. The third-order valence-corrected chi connectivity index (χ3v) is 5.26. The summed E-state index contributed by atoms with van der Waals surface area (Å²) >= 11 is 1.51. The van der Waals surface area contributed by atoms with Crippen molar-refractivity contribution in [3.63, 3.8) is 0 Å². The van der Waals surface area contributed by atoms with Crippen LogP contribution in [0.25, 0.3) is 16.8 Å². The van der Waals surface area contributed by atoms with Gasteiger partial charge in [-0.3, -0.25) is 4.98 Å². The Kier molecular flexibility index (Phi) is 5.90. The number of hydrogen-bond donors (Lipinski definition) is 2. The lowest BCUT2D eigenvalue weighted by Crippen LogP contribution is -2.46. The highest BCUT2D eigenvalue weighted by atomic mass is 32.1. The van der Waals surface area contributed by atoms with Crippen LogP contribution in [0.15, 0.2) is 60.8 Å². The zero-order chi connectivity index (χ0) is 20.1. The lowest BCUT2D eigenvalue weighted by Gasteiger charge is -2.27. The molecule has 0 aliphatic rings. The molecule has 2 heterocycles. The minimum atomic E-state index is -0.515. The second-order valence-electron chi connectivity index (χ2n) is 7.16. The Labute approximate surface area is 169 Å². The fraction of sp³-hybridized carbons (Fsp3) is 0.227. The Hall–Kier alpha value is -2.99. The fourth-order valence-electron chi connectivity index (χ4n) is 2.77. The molecule has 2 amide bonds. The summed E-state index contributed by atoms with van der Waals surface area (Å²) in [5.41, 5.74) is 4.41. The number of allylic oxidation sites excluding steroid dienone is 1. The van der Waals surface area contributed by atoms with Gasteiger partial charge in [0.1, 0.15) is 5.01 Å². The molecule has 0 fully saturated rings. The molecular formula is C22H24N4OS. The van der Waals surface area contributed by atoms with E-state index in [0.717, 1.165) is 33.0 Å². The molecule has 0 spiro atoms. The second kappa shape index (κ2) is 8.35. The van der Waals surface area contributed by atoms with Gasteiger partial charge in [0.2, 0.25) is 0 Å². The van der Waals surface area contributed by atoms with Crippen LogP contribution >= 0.6 is 11.3 Å². The maximum atomic E-state index is 12.4. The number of carbonyl (C=O) groups excluding carboxylic acids is 1. The van der Waals surface area contributed by atoms with Crippen LogP contribution < -0.4 is 10.6 Å². The molecule has 0 saturated heterocycles. The number of benzene rings is 1. The Morgan fingerprint density at radius 3 is 2.79 bits per heavy atom. The highest BCUT2D eigenvalue weighted by Gasteiger charge is 2.23. The van der Waals surface area contributed by atoms with E-state index >= 15 is 0 Å². The lowest BCUT2D eigenvalue weighted by atomic mass is 9.92. The van der Waals surface area contributed by atoms with E-state index in [1.54, 1.807) is 12.4 Å². The fourth-order valence-corrected chi connectivity index (χ4v) is 3.51. The maximum absolute atomic E-state index is 12.4. The van der Waals surface area contributed by atoms with E-state index in [2.05, 4.69) is 33.2 Å². The molecule has 3 rings (SSSR count). The van der Waals surface area contributed by atoms with Crippen LogP contribution in [-0.2, 0) is 12.1 Å². The molecule has 2 N–H and O–H groups in total. The van der Waals surface area contributed by atoms with E-state index in [0.29, 0.717) is 6.54 Å². The van der Waals surface area contributed by atoms with Gasteiger partial charge in [0.25, 0.3) is 0 Å². The van der Waals surface area contributed by atoms with Crippen molar-refractivity contribution < 1.29 is 4.79 Å². The standard InChI is InChI=1S/C22H24N4OS/c1-15(2)16-7-5-9-18(11-16)22(3,4)26-21(27)24-13-20-25-19(14-28-20)17-8-6-10-23-12-17/h5-12,14H,1,13H2,2-4H3,(H2,24,26,27). The molecule has 1 aromatic carbocycles. The van der Waals surface area contributed by atoms with Crippen molar-refractivity contribution in [1.29, 1.82) is 0 Å². The molecule has 3 aromatic rings. The molecule has 0 atom stereocenters. The minimum Gasteiger partial charge on any atom is -0.332 e. The lowest BCUT2D eigenvalue weighted by molar-refractivity contribution is 0.229. The normalized spacial score (nSPS) is 11.1. The van der Waals surface area contributed by atoms with Crippen LogP contribution in [-0.4, -0.2) is 16.0 Å². The van der Waals surface area contributed by atoms with Crippen LogP contribution in [0, 0.1) is 0 Å². The van der Waals surface area contributed by atoms with Crippen LogP contribution in [0.4, 0.5) is 4.79 Å². The van der Waals surface area contributed by atoms with Gasteiger partial charge in [-0.15, -0.1) is 11.3 Å². The summed E-state index contributed by atoms with van der Waals surface area (Å²) in [6.45, 7) is 10.3. The number of pyridine rings is 1. The average Bonchev–Trinajstić information content (AvgIpc) is 3.16. The van der Waals surface area contributed by atoms with Crippen molar-refractivity contribution in [2.75, 3.05) is 0 Å². The second-order valence-corrected chi connectivity index (χ2v) is 8.10. The Bertz CT molecular complexity index is 979. The molecule has 2 aromatic heterocycles. The number of rotatable bonds is 6. The van der Waals surface area contributed by atoms with Gasteiger partial charge in [-0.2, -0.15) is 0 Å². The van der Waals surface area contributed by atoms with E-state index in [4.69, 9.17) is 0 Å². The van der Waals surface area contributed by atoms with E-state index in [-0.39, 0.29) is 6.03 Å². The summed E-state index contributed by atoms with van der Waals surface area (Å²) in [6, 6.07) is 11.7. The van der Waals surface area contributed by atoms with Gasteiger partial charge in [0.15, 0.2) is 0 Å². The molecule has 0 aliphatic heterocycles. The van der Waals surface area contributed by atoms with Crippen LogP contribution in [0.5, 0.6) is 0 Å². The minimum absolute atomic E-state index is 0.233. The van der Waals surface area contributed by atoms with E-state index in [1.165, 1.54) is 11.3 Å². The number of amides is 2. The molecule has 0 unspecified atom stereocenters. The molecule has 0 saturated carbocycles. The van der Waals surface area contributed by atoms with Gasteiger partial charge in [-0.1, -0.05) is 30.4 Å². The predicted octanol–water partition coefficient (Wildman–Crippen LogP) is 4.97. The smallest absolute Gasteiger partial charge is 0.315 e. The number of nitrogens with one attached hydrogen (secondary N) is 2. The molecule has 0 bridgehead atoms. The predicted molar refractivity (Wildman–Crippen MR) is 115 cm³/mol. The number of nitrogens with zero attached hydrogens (tertiary/aromatic N) is 2. The van der Waals surface area contributed by atoms with Gasteiger partial charge in [-0.25, -0.2) is 9.78 Å². The van der Waals surface area contributed by atoms with Gasteiger partial charge in [0, 0.05) is 23.3 Å². The summed E-state index contributed by atoms with van der Waals surface area (Å²) in [7, 11) is 0. The Balaban J connectivity index is 1.60. The number of thiazole rings is 1. The topological polar surface area (TPSA) is 66.9 Å². The van der Waals surface area contributed by atoms with E-state index < -0.39 is 5.54 Å². The monoisotopic (exact) mass is 392 g/mol. The first kappa shape index (κ1) is 19.8. The highest BCUT2D eigenvalue weighted by Crippen LogP contribution is 2.24. The summed E-state index contributed by atoms with van der Waals surface area (Å²) < 4.78 is 0. The molecule has 6 heteroatoms. The number of urea groups is 1.